The first-order valence-electron chi connectivity index (χ1n) is 6.74. The minimum Gasteiger partial charge on any atom is -0.487 e. The Bertz CT molecular complexity index is 554. The Morgan fingerprint density at radius 1 is 1.26 bits per heavy atom. The average Bonchev–Trinajstić information content (AvgIpc) is 2.47. The summed E-state index contributed by atoms with van der Waals surface area (Å²) in [6.07, 6.45) is 5.16. The summed E-state index contributed by atoms with van der Waals surface area (Å²) < 4.78 is 5.79. The van der Waals surface area contributed by atoms with E-state index in [9.17, 15) is 0 Å². The molecular formula is C16H18N2O. The van der Waals surface area contributed by atoms with Crippen LogP contribution in [0.2, 0.25) is 0 Å². The largest absolute Gasteiger partial charge is 0.487 e. The molecule has 0 unspecified atom stereocenters. The lowest BCUT2D eigenvalue weighted by Crippen LogP contribution is -2.17. The van der Waals surface area contributed by atoms with Crippen LogP contribution in [0, 0.1) is 0 Å². The van der Waals surface area contributed by atoms with Crippen molar-refractivity contribution in [3.63, 3.8) is 0 Å². The number of aromatic nitrogens is 1. The second kappa shape index (κ2) is 5.41. The zero-order valence-corrected chi connectivity index (χ0v) is 10.9. The number of benzene rings is 1. The third kappa shape index (κ3) is 2.76. The highest BCUT2D eigenvalue weighted by molar-refractivity contribution is 5.39. The lowest BCUT2D eigenvalue weighted by Gasteiger charge is -2.22. The molecule has 3 heteroatoms. The van der Waals surface area contributed by atoms with Gasteiger partial charge in [0, 0.05) is 12.2 Å². The van der Waals surface area contributed by atoms with Gasteiger partial charge in [0.05, 0.1) is 5.69 Å². The number of fused-ring (bicyclic) bond motifs is 1. The molecular weight excluding hydrogens is 236 g/mol. The van der Waals surface area contributed by atoms with Gasteiger partial charge in [-0.15, -0.1) is 0 Å². The summed E-state index contributed by atoms with van der Waals surface area (Å²) in [5.41, 5.74) is 9.69. The molecule has 1 heterocycles. The van der Waals surface area contributed by atoms with Crippen LogP contribution in [0.3, 0.4) is 0 Å². The van der Waals surface area contributed by atoms with E-state index in [4.69, 9.17) is 10.5 Å². The van der Waals surface area contributed by atoms with Gasteiger partial charge >= 0.3 is 0 Å². The van der Waals surface area contributed by atoms with Crippen LogP contribution in [0.15, 0.2) is 42.6 Å². The average molecular weight is 254 g/mol. The Hall–Kier alpha value is -1.87. The zero-order chi connectivity index (χ0) is 13.1. The standard InChI is InChI=1S/C16H18N2O/c17-16-6-3-4-12-7-8-14(10-15(12)16)19-11-13-5-1-2-9-18-13/h1-2,5,7-10,16H,3-4,6,11,17H2/t16-/m0/s1. The smallest absolute Gasteiger partial charge is 0.130 e. The Balaban J connectivity index is 1.74. The quantitative estimate of drug-likeness (QED) is 0.916. The second-order valence-electron chi connectivity index (χ2n) is 4.97. The lowest BCUT2D eigenvalue weighted by molar-refractivity contribution is 0.300. The second-order valence-corrected chi connectivity index (χ2v) is 4.97. The van der Waals surface area contributed by atoms with Crippen molar-refractivity contribution in [3.05, 3.63) is 59.4 Å². The number of rotatable bonds is 3. The van der Waals surface area contributed by atoms with Gasteiger partial charge in [-0.25, -0.2) is 0 Å². The van der Waals surface area contributed by atoms with Gasteiger partial charge in [0.15, 0.2) is 0 Å². The number of hydrogen-bond acceptors (Lipinski definition) is 3. The maximum atomic E-state index is 6.15. The van der Waals surface area contributed by atoms with Crippen molar-refractivity contribution in [1.29, 1.82) is 0 Å². The third-order valence-corrected chi connectivity index (χ3v) is 3.59. The first-order valence-corrected chi connectivity index (χ1v) is 6.74. The summed E-state index contributed by atoms with van der Waals surface area (Å²) in [5.74, 6) is 0.877. The van der Waals surface area contributed by atoms with Crippen molar-refractivity contribution in [2.75, 3.05) is 0 Å². The van der Waals surface area contributed by atoms with Crippen LogP contribution >= 0.6 is 0 Å². The molecule has 0 bridgehead atoms. The van der Waals surface area contributed by atoms with E-state index in [0.717, 1.165) is 24.3 Å². The monoisotopic (exact) mass is 254 g/mol. The molecule has 2 aromatic rings. The first-order chi connectivity index (χ1) is 9.33. The minimum atomic E-state index is 0.155. The van der Waals surface area contributed by atoms with E-state index < -0.39 is 0 Å². The fourth-order valence-corrected chi connectivity index (χ4v) is 2.54. The number of ether oxygens (including phenoxy) is 1. The predicted molar refractivity (Wildman–Crippen MR) is 74.9 cm³/mol. The Labute approximate surface area is 113 Å². The van der Waals surface area contributed by atoms with Crippen molar-refractivity contribution in [1.82, 2.24) is 4.98 Å². The normalized spacial score (nSPS) is 17.8. The van der Waals surface area contributed by atoms with Crippen molar-refractivity contribution in [3.8, 4) is 5.75 Å². The van der Waals surface area contributed by atoms with Crippen LogP contribution in [0.5, 0.6) is 5.75 Å². The van der Waals surface area contributed by atoms with Crippen LogP contribution in [0.1, 0.15) is 35.7 Å². The van der Waals surface area contributed by atoms with Gasteiger partial charge in [-0.3, -0.25) is 4.98 Å². The van der Waals surface area contributed by atoms with E-state index in [2.05, 4.69) is 17.1 Å². The lowest BCUT2D eigenvalue weighted by atomic mass is 9.88. The van der Waals surface area contributed by atoms with Crippen LogP contribution in [-0.2, 0) is 13.0 Å². The molecule has 19 heavy (non-hydrogen) atoms. The first kappa shape index (κ1) is 12.2. The number of nitrogens with two attached hydrogens (primary N) is 1. The van der Waals surface area contributed by atoms with Crippen LogP contribution < -0.4 is 10.5 Å². The molecule has 0 aliphatic heterocycles. The summed E-state index contributed by atoms with van der Waals surface area (Å²) in [4.78, 5) is 4.25. The maximum absolute atomic E-state index is 6.15. The van der Waals surface area contributed by atoms with E-state index in [1.807, 2.05) is 24.3 Å². The Morgan fingerprint density at radius 3 is 3.05 bits per heavy atom. The Morgan fingerprint density at radius 2 is 2.21 bits per heavy atom. The van der Waals surface area contributed by atoms with Crippen molar-refractivity contribution in [2.45, 2.75) is 31.9 Å². The SMILES string of the molecule is N[C@H]1CCCc2ccc(OCc3ccccn3)cc21. The highest BCUT2D eigenvalue weighted by Gasteiger charge is 2.17. The van der Waals surface area contributed by atoms with E-state index >= 15 is 0 Å². The number of hydrogen-bond donors (Lipinski definition) is 1. The third-order valence-electron chi connectivity index (χ3n) is 3.59. The molecule has 0 amide bonds. The topological polar surface area (TPSA) is 48.1 Å². The molecule has 0 saturated carbocycles. The van der Waals surface area contributed by atoms with Gasteiger partial charge in [-0.05, 0) is 54.7 Å². The van der Waals surface area contributed by atoms with Gasteiger partial charge in [0.25, 0.3) is 0 Å². The molecule has 0 fully saturated rings. The summed E-state index contributed by atoms with van der Waals surface area (Å²) in [6, 6.07) is 12.2. The van der Waals surface area contributed by atoms with E-state index in [1.54, 1.807) is 6.20 Å². The summed E-state index contributed by atoms with van der Waals surface area (Å²) in [5, 5.41) is 0. The highest BCUT2D eigenvalue weighted by Crippen LogP contribution is 2.30. The zero-order valence-electron chi connectivity index (χ0n) is 10.9. The van der Waals surface area contributed by atoms with Crippen molar-refractivity contribution in [2.24, 2.45) is 5.73 Å². The fraction of sp³-hybridized carbons (Fsp3) is 0.312. The van der Waals surface area contributed by atoms with Gasteiger partial charge in [-0.2, -0.15) is 0 Å². The van der Waals surface area contributed by atoms with E-state index in [-0.39, 0.29) is 6.04 Å². The summed E-state index contributed by atoms with van der Waals surface area (Å²) >= 11 is 0. The molecule has 3 rings (SSSR count). The predicted octanol–water partition coefficient (Wildman–Crippen LogP) is 3.00. The molecule has 0 saturated heterocycles. The van der Waals surface area contributed by atoms with Crippen LogP contribution in [0.4, 0.5) is 0 Å². The van der Waals surface area contributed by atoms with Gasteiger partial charge in [0.1, 0.15) is 12.4 Å². The molecule has 1 aliphatic carbocycles. The van der Waals surface area contributed by atoms with Gasteiger partial charge in [0.2, 0.25) is 0 Å². The Kier molecular flexibility index (Phi) is 3.47. The number of nitrogens with zero attached hydrogens (tertiary/aromatic N) is 1. The van der Waals surface area contributed by atoms with Gasteiger partial charge < -0.3 is 10.5 Å². The van der Waals surface area contributed by atoms with Gasteiger partial charge in [-0.1, -0.05) is 12.1 Å². The molecule has 0 radical (unpaired) electrons. The van der Waals surface area contributed by atoms with Crippen molar-refractivity contribution < 1.29 is 4.74 Å². The molecule has 1 atom stereocenters. The van der Waals surface area contributed by atoms with Crippen molar-refractivity contribution >= 4 is 0 Å². The summed E-state index contributed by atoms with van der Waals surface area (Å²) in [7, 11) is 0. The minimum absolute atomic E-state index is 0.155. The fourth-order valence-electron chi connectivity index (χ4n) is 2.54. The van der Waals surface area contributed by atoms with E-state index in [0.29, 0.717) is 6.61 Å². The highest BCUT2D eigenvalue weighted by atomic mass is 16.5. The van der Waals surface area contributed by atoms with E-state index in [1.165, 1.54) is 17.5 Å². The number of aryl methyl sites for hydroxylation is 1. The molecule has 98 valence electrons. The maximum Gasteiger partial charge on any atom is 0.130 e. The summed E-state index contributed by atoms with van der Waals surface area (Å²) in [6.45, 7) is 0.495. The molecule has 1 aromatic heterocycles. The molecule has 1 aromatic carbocycles. The van der Waals surface area contributed by atoms with Crippen LogP contribution in [0.25, 0.3) is 0 Å². The molecule has 0 spiro atoms. The van der Waals surface area contributed by atoms with Crippen LogP contribution in [-0.4, -0.2) is 4.98 Å². The molecule has 3 nitrogen and oxygen atoms in total. The molecule has 1 aliphatic rings. The molecule has 2 N–H and O–H groups in total. The number of pyridine rings is 1.